The number of rotatable bonds is 2. The number of aryl methyl sites for hydroxylation is 1. The van der Waals surface area contributed by atoms with Crippen molar-refractivity contribution in [3.63, 3.8) is 0 Å². The predicted octanol–water partition coefficient (Wildman–Crippen LogP) is 2.73. The predicted molar refractivity (Wildman–Crippen MR) is 71.1 cm³/mol. The van der Waals surface area contributed by atoms with Crippen LogP contribution in [-0.4, -0.2) is 14.3 Å². The Morgan fingerprint density at radius 3 is 2.71 bits per heavy atom. The summed E-state index contributed by atoms with van der Waals surface area (Å²) in [6.45, 7) is 0. The highest BCUT2D eigenvalue weighted by molar-refractivity contribution is 9.10. The van der Waals surface area contributed by atoms with Crippen LogP contribution in [0.15, 0.2) is 27.5 Å². The van der Waals surface area contributed by atoms with Crippen molar-refractivity contribution in [3.8, 4) is 5.69 Å². The third-order valence-electron chi connectivity index (χ3n) is 2.31. The van der Waals surface area contributed by atoms with Gasteiger partial charge in [-0.3, -0.25) is 0 Å². The van der Waals surface area contributed by atoms with Crippen molar-refractivity contribution in [2.24, 2.45) is 7.05 Å². The molecule has 0 bridgehead atoms. The lowest BCUT2D eigenvalue weighted by Gasteiger charge is -2.07. The standard InChI is InChI=1S/C10H8BrCl2N3O/c1-15-10(17)16(9(13)14-15)8-3-2-7(11)4-6(8)5-12/h2-4H,5H2,1H3. The Labute approximate surface area is 116 Å². The Kier molecular flexibility index (Phi) is 3.61. The molecule has 0 N–H and O–H groups in total. The van der Waals surface area contributed by atoms with Gasteiger partial charge < -0.3 is 0 Å². The number of hydrogen-bond donors (Lipinski definition) is 0. The van der Waals surface area contributed by atoms with E-state index in [2.05, 4.69) is 21.0 Å². The van der Waals surface area contributed by atoms with Crippen LogP contribution >= 0.6 is 39.1 Å². The summed E-state index contributed by atoms with van der Waals surface area (Å²) < 4.78 is 3.40. The number of nitrogens with zero attached hydrogens (tertiary/aromatic N) is 3. The first-order valence-electron chi connectivity index (χ1n) is 4.71. The van der Waals surface area contributed by atoms with Crippen LogP contribution in [-0.2, 0) is 12.9 Å². The van der Waals surface area contributed by atoms with Gasteiger partial charge in [0.15, 0.2) is 0 Å². The van der Waals surface area contributed by atoms with Crippen LogP contribution in [0.1, 0.15) is 5.56 Å². The monoisotopic (exact) mass is 335 g/mol. The van der Waals surface area contributed by atoms with Crippen molar-refractivity contribution in [1.82, 2.24) is 14.3 Å². The molecule has 7 heteroatoms. The lowest BCUT2D eigenvalue weighted by atomic mass is 10.2. The molecule has 1 aromatic carbocycles. The fraction of sp³-hybridized carbons (Fsp3) is 0.200. The molecule has 0 atom stereocenters. The van der Waals surface area contributed by atoms with E-state index in [1.54, 1.807) is 13.1 Å². The van der Waals surface area contributed by atoms with E-state index in [1.807, 2.05) is 12.1 Å². The molecule has 0 amide bonds. The summed E-state index contributed by atoms with van der Waals surface area (Å²) >= 11 is 15.1. The fourth-order valence-corrected chi connectivity index (χ4v) is 2.42. The van der Waals surface area contributed by atoms with Gasteiger partial charge in [-0.1, -0.05) is 15.9 Å². The maximum atomic E-state index is 11.9. The molecule has 90 valence electrons. The smallest absolute Gasteiger partial charge is 0.246 e. The normalized spacial score (nSPS) is 10.8. The Morgan fingerprint density at radius 2 is 2.18 bits per heavy atom. The van der Waals surface area contributed by atoms with Crippen LogP contribution in [0.4, 0.5) is 0 Å². The van der Waals surface area contributed by atoms with Crippen LogP contribution in [0.3, 0.4) is 0 Å². The molecule has 0 unspecified atom stereocenters. The second-order valence-corrected chi connectivity index (χ2v) is 4.94. The van der Waals surface area contributed by atoms with Gasteiger partial charge in [0.05, 0.1) is 5.69 Å². The Bertz CT molecular complexity index is 620. The summed E-state index contributed by atoms with van der Waals surface area (Å²) in [5, 5.41) is 3.98. The molecule has 0 saturated carbocycles. The van der Waals surface area contributed by atoms with Crippen LogP contribution in [0.25, 0.3) is 5.69 Å². The van der Waals surface area contributed by atoms with Crippen LogP contribution in [0, 0.1) is 0 Å². The van der Waals surface area contributed by atoms with Gasteiger partial charge in [0, 0.05) is 17.4 Å². The van der Waals surface area contributed by atoms with E-state index in [1.165, 1.54) is 9.25 Å². The first-order chi connectivity index (χ1) is 8.04. The average molecular weight is 337 g/mol. The minimum Gasteiger partial charge on any atom is -0.246 e. The van der Waals surface area contributed by atoms with Crippen molar-refractivity contribution in [2.75, 3.05) is 0 Å². The molecule has 17 heavy (non-hydrogen) atoms. The van der Waals surface area contributed by atoms with E-state index in [4.69, 9.17) is 23.2 Å². The van der Waals surface area contributed by atoms with Crippen LogP contribution in [0.2, 0.25) is 5.28 Å². The summed E-state index contributed by atoms with van der Waals surface area (Å²) in [6, 6.07) is 5.44. The van der Waals surface area contributed by atoms with Gasteiger partial charge in [-0.15, -0.1) is 16.7 Å². The summed E-state index contributed by atoms with van der Waals surface area (Å²) in [4.78, 5) is 11.9. The van der Waals surface area contributed by atoms with Crippen molar-refractivity contribution in [3.05, 3.63) is 44.0 Å². The Balaban J connectivity index is 2.72. The zero-order valence-electron chi connectivity index (χ0n) is 8.82. The van der Waals surface area contributed by atoms with Crippen molar-refractivity contribution in [1.29, 1.82) is 0 Å². The van der Waals surface area contributed by atoms with E-state index in [9.17, 15) is 4.79 Å². The number of alkyl halides is 1. The topological polar surface area (TPSA) is 39.8 Å². The van der Waals surface area contributed by atoms with E-state index in [0.29, 0.717) is 5.69 Å². The highest BCUT2D eigenvalue weighted by atomic mass is 79.9. The molecule has 0 aliphatic rings. The first kappa shape index (κ1) is 12.7. The molecule has 4 nitrogen and oxygen atoms in total. The zero-order valence-corrected chi connectivity index (χ0v) is 11.9. The van der Waals surface area contributed by atoms with Gasteiger partial charge in [-0.25, -0.2) is 14.0 Å². The van der Waals surface area contributed by atoms with Crippen molar-refractivity contribution < 1.29 is 0 Å². The molecule has 2 aromatic rings. The van der Waals surface area contributed by atoms with Gasteiger partial charge in [0.2, 0.25) is 5.28 Å². The molecule has 0 aliphatic heterocycles. The molecule has 1 heterocycles. The largest absolute Gasteiger partial charge is 0.351 e. The Hall–Kier alpha value is -0.780. The minimum absolute atomic E-state index is 0.117. The quantitative estimate of drug-likeness (QED) is 0.791. The molecule has 0 radical (unpaired) electrons. The van der Waals surface area contributed by atoms with E-state index in [-0.39, 0.29) is 16.9 Å². The second-order valence-electron chi connectivity index (χ2n) is 3.42. The lowest BCUT2D eigenvalue weighted by Crippen LogP contribution is -2.22. The average Bonchev–Trinajstić information content (AvgIpc) is 2.54. The molecular formula is C10H8BrCl2N3O. The van der Waals surface area contributed by atoms with Gasteiger partial charge in [-0.2, -0.15) is 0 Å². The molecule has 0 aliphatic carbocycles. The van der Waals surface area contributed by atoms with E-state index in [0.717, 1.165) is 10.0 Å². The molecule has 0 fully saturated rings. The fourth-order valence-electron chi connectivity index (χ4n) is 1.52. The maximum Gasteiger partial charge on any atom is 0.351 e. The molecule has 2 rings (SSSR count). The molecule has 0 saturated heterocycles. The van der Waals surface area contributed by atoms with Gasteiger partial charge >= 0.3 is 5.69 Å². The molecule has 0 spiro atoms. The number of hydrogen-bond acceptors (Lipinski definition) is 2. The van der Waals surface area contributed by atoms with Gasteiger partial charge in [0.1, 0.15) is 0 Å². The first-order valence-corrected chi connectivity index (χ1v) is 6.41. The van der Waals surface area contributed by atoms with Crippen molar-refractivity contribution >= 4 is 39.1 Å². The summed E-state index contributed by atoms with van der Waals surface area (Å²) in [5.74, 6) is 0.284. The summed E-state index contributed by atoms with van der Waals surface area (Å²) in [5.41, 5.74) is 1.15. The van der Waals surface area contributed by atoms with Crippen molar-refractivity contribution in [2.45, 2.75) is 5.88 Å². The zero-order chi connectivity index (χ0) is 12.6. The number of halogens is 3. The third-order valence-corrected chi connectivity index (χ3v) is 3.34. The highest BCUT2D eigenvalue weighted by Crippen LogP contribution is 2.22. The summed E-state index contributed by atoms with van der Waals surface area (Å²) in [7, 11) is 1.55. The third kappa shape index (κ3) is 2.27. The minimum atomic E-state index is -0.302. The highest BCUT2D eigenvalue weighted by Gasteiger charge is 2.14. The van der Waals surface area contributed by atoms with E-state index >= 15 is 0 Å². The summed E-state index contributed by atoms with van der Waals surface area (Å²) in [6.07, 6.45) is 0. The SMILES string of the molecule is Cn1nc(Cl)n(-c2ccc(Br)cc2CCl)c1=O. The molecular weight excluding hydrogens is 329 g/mol. The van der Waals surface area contributed by atoms with Crippen LogP contribution < -0.4 is 5.69 Å². The Morgan fingerprint density at radius 1 is 1.47 bits per heavy atom. The van der Waals surface area contributed by atoms with Crippen LogP contribution in [0.5, 0.6) is 0 Å². The second kappa shape index (κ2) is 4.84. The number of benzene rings is 1. The van der Waals surface area contributed by atoms with Gasteiger partial charge in [-0.05, 0) is 35.4 Å². The lowest BCUT2D eigenvalue weighted by molar-refractivity contribution is 0.725. The molecule has 1 aromatic heterocycles. The maximum absolute atomic E-state index is 11.9. The van der Waals surface area contributed by atoms with Gasteiger partial charge in [0.25, 0.3) is 0 Å². The van der Waals surface area contributed by atoms with E-state index < -0.39 is 0 Å². The number of aromatic nitrogens is 3.